The molecule has 5 rings (SSSR count). The summed E-state index contributed by atoms with van der Waals surface area (Å²) in [6.07, 6.45) is 1.59. The van der Waals surface area contributed by atoms with Gasteiger partial charge in [-0.15, -0.1) is 11.3 Å². The first-order chi connectivity index (χ1) is 15.1. The zero-order valence-corrected chi connectivity index (χ0v) is 17.9. The number of aromatic nitrogens is 1. The van der Waals surface area contributed by atoms with Gasteiger partial charge in [0.2, 0.25) is 5.13 Å². The highest BCUT2D eigenvalue weighted by Crippen LogP contribution is 2.30. The van der Waals surface area contributed by atoms with Crippen molar-refractivity contribution in [2.75, 3.05) is 5.01 Å². The molecular formula is C23H15N3O3S2. The van der Waals surface area contributed by atoms with E-state index in [0.29, 0.717) is 16.1 Å². The molecule has 0 aliphatic heterocycles. The Morgan fingerprint density at radius 1 is 1.13 bits per heavy atom. The largest absolute Gasteiger partial charge is 0.422 e. The van der Waals surface area contributed by atoms with Crippen LogP contribution in [0.5, 0.6) is 0 Å². The van der Waals surface area contributed by atoms with Gasteiger partial charge in [0.25, 0.3) is 5.91 Å². The Bertz CT molecular complexity index is 1500. The number of benzene rings is 2. The highest BCUT2D eigenvalue weighted by molar-refractivity contribution is 7.22. The standard InChI is InChI=1S/C23H15N3O3S2/c1-14-8-9-18-20(11-14)31-23(25-18)26(24-13-16-6-4-10-30-16)21(27)17-12-15-5-2-3-7-19(15)29-22(17)28/h2-13H,1H3/b24-13+. The third-order valence-electron chi connectivity index (χ3n) is 4.62. The van der Waals surface area contributed by atoms with Gasteiger partial charge in [0, 0.05) is 10.3 Å². The van der Waals surface area contributed by atoms with Gasteiger partial charge < -0.3 is 4.42 Å². The van der Waals surface area contributed by atoms with Gasteiger partial charge >= 0.3 is 5.63 Å². The second-order valence-corrected chi connectivity index (χ2v) is 8.82. The molecule has 3 aromatic heterocycles. The lowest BCUT2D eigenvalue weighted by Gasteiger charge is -2.13. The topological polar surface area (TPSA) is 75.8 Å². The van der Waals surface area contributed by atoms with Gasteiger partial charge in [0.15, 0.2) is 0 Å². The van der Waals surface area contributed by atoms with Crippen LogP contribution in [0.15, 0.2) is 80.4 Å². The minimum absolute atomic E-state index is 0.0996. The van der Waals surface area contributed by atoms with Crippen LogP contribution in [0.1, 0.15) is 20.8 Å². The number of anilines is 1. The molecule has 0 aliphatic rings. The third-order valence-corrected chi connectivity index (χ3v) is 6.42. The number of hydrazone groups is 1. The highest BCUT2D eigenvalue weighted by atomic mass is 32.1. The van der Waals surface area contributed by atoms with Crippen LogP contribution < -0.4 is 10.6 Å². The fourth-order valence-corrected chi connectivity index (χ4v) is 4.70. The van der Waals surface area contributed by atoms with Crippen LogP contribution in [0.4, 0.5) is 5.13 Å². The van der Waals surface area contributed by atoms with Crippen molar-refractivity contribution in [2.24, 2.45) is 5.10 Å². The van der Waals surface area contributed by atoms with E-state index in [0.717, 1.165) is 20.7 Å². The van der Waals surface area contributed by atoms with Crippen LogP contribution in [-0.2, 0) is 0 Å². The minimum atomic E-state index is -0.711. The van der Waals surface area contributed by atoms with Crippen LogP contribution in [0.2, 0.25) is 0 Å². The fraction of sp³-hybridized carbons (Fsp3) is 0.0435. The summed E-state index contributed by atoms with van der Waals surface area (Å²) in [7, 11) is 0. The molecule has 2 aromatic carbocycles. The summed E-state index contributed by atoms with van der Waals surface area (Å²) >= 11 is 2.84. The van der Waals surface area contributed by atoms with Gasteiger partial charge in [-0.1, -0.05) is 41.7 Å². The molecule has 0 atom stereocenters. The minimum Gasteiger partial charge on any atom is -0.422 e. The molecule has 8 heteroatoms. The Balaban J connectivity index is 1.63. The first-order valence-electron chi connectivity index (χ1n) is 9.40. The molecule has 152 valence electrons. The van der Waals surface area contributed by atoms with E-state index in [4.69, 9.17) is 4.42 Å². The van der Waals surface area contributed by atoms with Crippen molar-refractivity contribution in [3.05, 3.63) is 92.5 Å². The average molecular weight is 446 g/mol. The molecule has 6 nitrogen and oxygen atoms in total. The van der Waals surface area contributed by atoms with Crippen LogP contribution in [-0.4, -0.2) is 17.1 Å². The van der Waals surface area contributed by atoms with Gasteiger partial charge in [-0.2, -0.15) is 10.1 Å². The van der Waals surface area contributed by atoms with Gasteiger partial charge in [-0.25, -0.2) is 9.78 Å². The number of hydrogen-bond donors (Lipinski definition) is 0. The van der Waals surface area contributed by atoms with Crippen molar-refractivity contribution in [1.29, 1.82) is 0 Å². The Labute approximate surface area is 184 Å². The van der Waals surface area contributed by atoms with Crippen LogP contribution in [0, 0.1) is 6.92 Å². The van der Waals surface area contributed by atoms with Gasteiger partial charge in [0.1, 0.15) is 11.1 Å². The number of carbonyl (C=O) groups is 1. The SMILES string of the molecule is Cc1ccc2nc(N(/N=C/c3cccs3)C(=O)c3cc4ccccc4oc3=O)sc2c1. The molecule has 0 fully saturated rings. The molecule has 1 amide bonds. The first kappa shape index (κ1) is 19.3. The van der Waals surface area contributed by atoms with E-state index in [9.17, 15) is 9.59 Å². The van der Waals surface area contributed by atoms with Crippen LogP contribution in [0.25, 0.3) is 21.2 Å². The molecule has 31 heavy (non-hydrogen) atoms. The molecule has 0 spiro atoms. The molecule has 0 unspecified atom stereocenters. The number of para-hydroxylation sites is 1. The van der Waals surface area contributed by atoms with E-state index in [1.807, 2.05) is 48.7 Å². The molecule has 0 N–H and O–H groups in total. The summed E-state index contributed by atoms with van der Waals surface area (Å²) < 4.78 is 6.29. The number of thiophene rings is 1. The fourth-order valence-electron chi connectivity index (χ4n) is 3.10. The Hall–Kier alpha value is -3.62. The summed E-state index contributed by atoms with van der Waals surface area (Å²) in [6, 6.07) is 18.3. The van der Waals surface area contributed by atoms with E-state index in [1.165, 1.54) is 33.7 Å². The van der Waals surface area contributed by atoms with Crippen molar-refractivity contribution in [3.8, 4) is 0 Å². The lowest BCUT2D eigenvalue weighted by molar-refractivity contribution is 0.0984. The lowest BCUT2D eigenvalue weighted by Crippen LogP contribution is -2.30. The Kier molecular flexibility index (Phi) is 4.93. The molecule has 3 heterocycles. The second-order valence-electron chi connectivity index (χ2n) is 6.83. The van der Waals surface area contributed by atoms with E-state index in [-0.39, 0.29) is 5.56 Å². The van der Waals surface area contributed by atoms with E-state index in [1.54, 1.807) is 24.4 Å². The third kappa shape index (κ3) is 3.78. The summed E-state index contributed by atoms with van der Waals surface area (Å²) in [5.41, 5.74) is 1.47. The second kappa shape index (κ2) is 7.90. The maximum absolute atomic E-state index is 13.4. The van der Waals surface area contributed by atoms with Gasteiger partial charge in [0.05, 0.1) is 16.4 Å². The summed E-state index contributed by atoms with van der Waals surface area (Å²) in [6.45, 7) is 2.00. The zero-order chi connectivity index (χ0) is 21.4. The zero-order valence-electron chi connectivity index (χ0n) is 16.3. The molecule has 0 bridgehead atoms. The van der Waals surface area contributed by atoms with Crippen molar-refractivity contribution in [1.82, 2.24) is 4.98 Å². The summed E-state index contributed by atoms with van der Waals surface area (Å²) in [4.78, 5) is 31.5. The number of amides is 1. The Morgan fingerprint density at radius 3 is 2.84 bits per heavy atom. The number of thiazole rings is 1. The van der Waals surface area contributed by atoms with Crippen molar-refractivity contribution in [3.63, 3.8) is 0 Å². The number of nitrogens with zero attached hydrogens (tertiary/aromatic N) is 3. The molecule has 0 aliphatic carbocycles. The predicted molar refractivity (Wildman–Crippen MR) is 126 cm³/mol. The predicted octanol–water partition coefficient (Wildman–Crippen LogP) is 5.45. The normalized spacial score (nSPS) is 11.5. The number of carbonyl (C=O) groups excluding carboxylic acids is 1. The molecule has 5 aromatic rings. The highest BCUT2D eigenvalue weighted by Gasteiger charge is 2.25. The Morgan fingerprint density at radius 2 is 2.00 bits per heavy atom. The average Bonchev–Trinajstić information content (AvgIpc) is 3.42. The molecule has 0 saturated carbocycles. The van der Waals surface area contributed by atoms with Crippen molar-refractivity contribution >= 4 is 61.1 Å². The van der Waals surface area contributed by atoms with E-state index < -0.39 is 11.5 Å². The lowest BCUT2D eigenvalue weighted by atomic mass is 10.2. The number of rotatable bonds is 4. The van der Waals surface area contributed by atoms with E-state index in [2.05, 4.69) is 10.1 Å². The smallest absolute Gasteiger partial charge is 0.349 e. The quantitative estimate of drug-likeness (QED) is 0.209. The van der Waals surface area contributed by atoms with Crippen molar-refractivity contribution in [2.45, 2.75) is 6.92 Å². The van der Waals surface area contributed by atoms with Crippen molar-refractivity contribution < 1.29 is 9.21 Å². The maximum Gasteiger partial charge on any atom is 0.349 e. The first-order valence-corrected chi connectivity index (χ1v) is 11.1. The van der Waals surface area contributed by atoms with Gasteiger partial charge in [-0.05, 0) is 48.2 Å². The van der Waals surface area contributed by atoms with Crippen LogP contribution in [0.3, 0.4) is 0 Å². The molecule has 0 radical (unpaired) electrons. The van der Waals surface area contributed by atoms with Crippen LogP contribution >= 0.6 is 22.7 Å². The summed E-state index contributed by atoms with van der Waals surface area (Å²) in [5.74, 6) is -0.594. The molecular weight excluding hydrogens is 430 g/mol. The number of hydrogen-bond acceptors (Lipinski definition) is 7. The van der Waals surface area contributed by atoms with E-state index >= 15 is 0 Å². The number of aryl methyl sites for hydroxylation is 1. The monoisotopic (exact) mass is 445 g/mol. The maximum atomic E-state index is 13.4. The summed E-state index contributed by atoms with van der Waals surface area (Å²) in [5, 5.41) is 8.52. The number of fused-ring (bicyclic) bond motifs is 2. The molecule has 0 saturated heterocycles. The van der Waals surface area contributed by atoms with Gasteiger partial charge in [-0.3, -0.25) is 4.79 Å².